The minimum Gasteiger partial charge on any atom is -0.459 e. The largest absolute Gasteiger partial charge is 0.459 e. The number of halogens is 1. The molecule has 0 heterocycles. The van der Waals surface area contributed by atoms with Crippen molar-refractivity contribution in [3.63, 3.8) is 0 Å². The van der Waals surface area contributed by atoms with E-state index >= 15 is 0 Å². The first kappa shape index (κ1) is 25.6. The Hall–Kier alpha value is -1.44. The lowest BCUT2D eigenvalue weighted by atomic mass is 10.1. The van der Waals surface area contributed by atoms with Gasteiger partial charge in [-0.3, -0.25) is 14.5 Å². The molecule has 7 heteroatoms. The third kappa shape index (κ3) is 11.4. The molecule has 6 nitrogen and oxygen atoms in total. The predicted molar refractivity (Wildman–Crippen MR) is 117 cm³/mol. The highest BCUT2D eigenvalue weighted by molar-refractivity contribution is 9.09. The van der Waals surface area contributed by atoms with Gasteiger partial charge in [-0.15, -0.1) is 0 Å². The van der Waals surface area contributed by atoms with Gasteiger partial charge in [-0.1, -0.05) is 46.3 Å². The van der Waals surface area contributed by atoms with Gasteiger partial charge in [0.05, 0.1) is 19.8 Å². The van der Waals surface area contributed by atoms with Gasteiger partial charge in [-0.05, 0) is 47.1 Å². The summed E-state index contributed by atoms with van der Waals surface area (Å²) in [6.45, 7) is 11.8. The Morgan fingerprint density at radius 1 is 1.00 bits per heavy atom. The number of carbonyl (C=O) groups is 2. The van der Waals surface area contributed by atoms with E-state index < -0.39 is 29.2 Å². The summed E-state index contributed by atoms with van der Waals surface area (Å²) in [7, 11) is 0. The molecule has 0 N–H and O–H groups in total. The van der Waals surface area contributed by atoms with E-state index in [-0.39, 0.29) is 13.2 Å². The third-order valence-corrected chi connectivity index (χ3v) is 3.99. The van der Waals surface area contributed by atoms with E-state index in [9.17, 15) is 9.59 Å². The van der Waals surface area contributed by atoms with Crippen molar-refractivity contribution in [3.8, 4) is 0 Å². The molecule has 164 valence electrons. The molecule has 1 atom stereocenters. The van der Waals surface area contributed by atoms with Crippen LogP contribution < -0.4 is 0 Å². The number of ether oxygens (including phenoxy) is 3. The summed E-state index contributed by atoms with van der Waals surface area (Å²) >= 11 is 3.40. The standard InChI is InChI=1S/C22H34BrNO5/c1-21(2,3)28-19(25)14-24(13-12-23)18(20(26)29-22(4,5)6)16-27-15-17-10-8-7-9-11-17/h7-11,18H,12-16H2,1-6H3/t18-/m0/s1. The summed E-state index contributed by atoms with van der Waals surface area (Å²) in [5.41, 5.74) is -0.224. The second-order valence-corrected chi connectivity index (χ2v) is 9.59. The van der Waals surface area contributed by atoms with Crippen molar-refractivity contribution in [2.75, 3.05) is 25.0 Å². The van der Waals surface area contributed by atoms with E-state index in [1.165, 1.54) is 0 Å². The molecule has 0 spiro atoms. The van der Waals surface area contributed by atoms with Crippen molar-refractivity contribution < 1.29 is 23.8 Å². The smallest absolute Gasteiger partial charge is 0.326 e. The molecule has 0 amide bonds. The van der Waals surface area contributed by atoms with Gasteiger partial charge in [0.1, 0.15) is 17.2 Å². The molecule has 0 aliphatic heterocycles. The molecule has 0 fully saturated rings. The molecule has 0 unspecified atom stereocenters. The van der Waals surface area contributed by atoms with Crippen LogP contribution in [-0.2, 0) is 30.4 Å². The lowest BCUT2D eigenvalue weighted by molar-refractivity contribution is -0.167. The minimum atomic E-state index is -0.719. The molecular weight excluding hydrogens is 438 g/mol. The second-order valence-electron chi connectivity index (χ2n) is 8.80. The molecule has 0 aromatic heterocycles. The highest BCUT2D eigenvalue weighted by atomic mass is 79.9. The molecule has 0 radical (unpaired) electrons. The van der Waals surface area contributed by atoms with E-state index in [4.69, 9.17) is 14.2 Å². The van der Waals surface area contributed by atoms with Crippen LogP contribution in [0.1, 0.15) is 47.1 Å². The van der Waals surface area contributed by atoms with Crippen LogP contribution in [0.3, 0.4) is 0 Å². The van der Waals surface area contributed by atoms with Crippen molar-refractivity contribution >= 4 is 27.9 Å². The Labute approximate surface area is 183 Å². The van der Waals surface area contributed by atoms with Crippen LogP contribution in [0.5, 0.6) is 0 Å². The lowest BCUT2D eigenvalue weighted by Crippen LogP contribution is -2.50. The van der Waals surface area contributed by atoms with Crippen LogP contribution in [0.4, 0.5) is 0 Å². The molecule has 0 saturated carbocycles. The normalized spacial score (nSPS) is 13.2. The third-order valence-electron chi connectivity index (χ3n) is 3.63. The van der Waals surface area contributed by atoms with Crippen molar-refractivity contribution in [2.24, 2.45) is 0 Å². The van der Waals surface area contributed by atoms with Crippen LogP contribution in [-0.4, -0.2) is 59.1 Å². The first-order valence-corrected chi connectivity index (χ1v) is 10.9. The van der Waals surface area contributed by atoms with Crippen LogP contribution in [0, 0.1) is 0 Å². The number of esters is 2. The Balaban J connectivity index is 2.90. The van der Waals surface area contributed by atoms with Crippen molar-refractivity contribution in [2.45, 2.75) is 65.4 Å². The van der Waals surface area contributed by atoms with Crippen LogP contribution in [0.25, 0.3) is 0 Å². The van der Waals surface area contributed by atoms with Gasteiger partial charge in [-0.2, -0.15) is 0 Å². The van der Waals surface area contributed by atoms with E-state index in [2.05, 4.69) is 15.9 Å². The second kappa shape index (κ2) is 11.7. The zero-order valence-electron chi connectivity index (χ0n) is 18.4. The number of benzene rings is 1. The fourth-order valence-electron chi connectivity index (χ4n) is 2.55. The SMILES string of the molecule is CC(C)(C)OC(=O)CN(CCBr)[C@@H](COCc1ccccc1)C(=O)OC(C)(C)C. The number of nitrogens with zero attached hydrogens (tertiary/aromatic N) is 1. The quantitative estimate of drug-likeness (QED) is 0.380. The van der Waals surface area contributed by atoms with Gasteiger partial charge in [0, 0.05) is 11.9 Å². The molecule has 0 aliphatic carbocycles. The van der Waals surface area contributed by atoms with Crippen LogP contribution >= 0.6 is 15.9 Å². The van der Waals surface area contributed by atoms with E-state index in [0.29, 0.717) is 18.5 Å². The summed E-state index contributed by atoms with van der Waals surface area (Å²) in [5, 5.41) is 0.591. The predicted octanol–water partition coefficient (Wildman–Crippen LogP) is 3.95. The highest BCUT2D eigenvalue weighted by Gasteiger charge is 2.32. The molecule has 0 bridgehead atoms. The summed E-state index contributed by atoms with van der Waals surface area (Å²) in [6.07, 6.45) is 0. The zero-order chi connectivity index (χ0) is 22.1. The maximum atomic E-state index is 12.9. The Kier molecular flexibility index (Phi) is 10.3. The number of rotatable bonds is 10. The summed E-state index contributed by atoms with van der Waals surface area (Å²) in [5.74, 6) is -0.815. The van der Waals surface area contributed by atoms with E-state index in [1.807, 2.05) is 71.9 Å². The number of alkyl halides is 1. The first-order valence-electron chi connectivity index (χ1n) is 9.77. The zero-order valence-corrected chi connectivity index (χ0v) is 20.0. The van der Waals surface area contributed by atoms with Crippen molar-refractivity contribution in [1.29, 1.82) is 0 Å². The Bertz CT molecular complexity index is 637. The molecule has 0 saturated heterocycles. The van der Waals surface area contributed by atoms with Gasteiger partial charge in [-0.25, -0.2) is 0 Å². The first-order chi connectivity index (χ1) is 13.4. The van der Waals surface area contributed by atoms with E-state index in [1.54, 1.807) is 4.90 Å². The number of hydrogen-bond acceptors (Lipinski definition) is 6. The number of hydrogen-bond donors (Lipinski definition) is 0. The summed E-state index contributed by atoms with van der Waals surface area (Å²) in [6, 6.07) is 9.00. The maximum Gasteiger partial charge on any atom is 0.326 e. The topological polar surface area (TPSA) is 65.1 Å². The van der Waals surface area contributed by atoms with Crippen molar-refractivity contribution in [3.05, 3.63) is 35.9 Å². The molecule has 1 aromatic rings. The average molecular weight is 472 g/mol. The van der Waals surface area contributed by atoms with Gasteiger partial charge in [0.25, 0.3) is 0 Å². The fourth-order valence-corrected chi connectivity index (χ4v) is 3.00. The maximum absolute atomic E-state index is 12.9. The molecular formula is C22H34BrNO5. The highest BCUT2D eigenvalue weighted by Crippen LogP contribution is 2.15. The van der Waals surface area contributed by atoms with Crippen LogP contribution in [0.15, 0.2) is 30.3 Å². The Morgan fingerprint density at radius 2 is 1.59 bits per heavy atom. The number of carbonyl (C=O) groups excluding carboxylic acids is 2. The minimum absolute atomic E-state index is 0.0263. The monoisotopic (exact) mass is 471 g/mol. The van der Waals surface area contributed by atoms with Crippen LogP contribution in [0.2, 0.25) is 0 Å². The molecule has 1 rings (SSSR count). The lowest BCUT2D eigenvalue weighted by Gasteiger charge is -2.32. The van der Waals surface area contributed by atoms with Gasteiger partial charge in [0.15, 0.2) is 0 Å². The van der Waals surface area contributed by atoms with Crippen molar-refractivity contribution in [1.82, 2.24) is 4.90 Å². The Morgan fingerprint density at radius 3 is 2.10 bits per heavy atom. The van der Waals surface area contributed by atoms with E-state index in [0.717, 1.165) is 5.56 Å². The molecule has 1 aromatic carbocycles. The average Bonchev–Trinajstić information content (AvgIpc) is 2.56. The fraction of sp³-hybridized carbons (Fsp3) is 0.636. The molecule has 29 heavy (non-hydrogen) atoms. The summed E-state index contributed by atoms with van der Waals surface area (Å²) in [4.78, 5) is 27.0. The molecule has 0 aliphatic rings. The van der Waals surface area contributed by atoms with Gasteiger partial charge < -0.3 is 14.2 Å². The summed E-state index contributed by atoms with van der Waals surface area (Å²) < 4.78 is 16.8. The van der Waals surface area contributed by atoms with Gasteiger partial charge in [0.2, 0.25) is 0 Å². The van der Waals surface area contributed by atoms with Gasteiger partial charge >= 0.3 is 11.9 Å².